The molecule has 2 N–H and O–H groups in total. The van der Waals surface area contributed by atoms with Crippen molar-refractivity contribution >= 4 is 33.4 Å². The number of nitrogens with zero attached hydrogens (tertiary/aromatic N) is 2. The number of halogens is 1. The second kappa shape index (κ2) is 7.22. The van der Waals surface area contributed by atoms with E-state index in [0.29, 0.717) is 0 Å². The highest BCUT2D eigenvalue weighted by molar-refractivity contribution is 9.10. The van der Waals surface area contributed by atoms with Gasteiger partial charge in [0, 0.05) is 22.6 Å². The van der Waals surface area contributed by atoms with Gasteiger partial charge in [0.05, 0.1) is 12.9 Å². The third-order valence-corrected chi connectivity index (χ3v) is 3.73. The molecular formula is C15H17BrN4O2. The molecule has 1 atom stereocenters. The van der Waals surface area contributed by atoms with Gasteiger partial charge in [-0.1, -0.05) is 15.9 Å². The van der Waals surface area contributed by atoms with Crippen molar-refractivity contribution in [3.8, 4) is 0 Å². The van der Waals surface area contributed by atoms with Crippen LogP contribution in [-0.4, -0.2) is 27.9 Å². The van der Waals surface area contributed by atoms with Gasteiger partial charge in [-0.25, -0.2) is 4.98 Å². The molecule has 0 radical (unpaired) electrons. The van der Waals surface area contributed by atoms with Crippen LogP contribution in [0.15, 0.2) is 41.4 Å². The molecule has 0 spiro atoms. The average Bonchev–Trinajstić information content (AvgIpc) is 3.01. The molecule has 1 aromatic heterocycles. The predicted molar refractivity (Wildman–Crippen MR) is 87.5 cm³/mol. The van der Waals surface area contributed by atoms with Crippen LogP contribution >= 0.6 is 15.9 Å². The maximum absolute atomic E-state index is 12.0. The van der Waals surface area contributed by atoms with Gasteiger partial charge in [-0.2, -0.15) is 0 Å². The molecular weight excluding hydrogens is 348 g/mol. The largest absolute Gasteiger partial charge is 0.345 e. The fraction of sp³-hybridized carbons (Fsp3) is 0.267. The number of benzene rings is 1. The molecule has 1 aromatic carbocycles. The number of aromatic nitrogens is 2. The molecule has 7 heteroatoms. The Morgan fingerprint density at radius 1 is 1.41 bits per heavy atom. The third kappa shape index (κ3) is 4.17. The first kappa shape index (κ1) is 16.2. The first-order chi connectivity index (χ1) is 10.5. The zero-order valence-electron chi connectivity index (χ0n) is 12.3. The summed E-state index contributed by atoms with van der Waals surface area (Å²) in [7, 11) is 0. The van der Waals surface area contributed by atoms with Crippen molar-refractivity contribution in [3.05, 3.63) is 47.0 Å². The van der Waals surface area contributed by atoms with Crippen molar-refractivity contribution in [2.24, 2.45) is 0 Å². The lowest BCUT2D eigenvalue weighted by atomic mass is 10.2. The van der Waals surface area contributed by atoms with E-state index in [1.807, 2.05) is 25.1 Å². The number of anilines is 1. The Morgan fingerprint density at radius 3 is 2.82 bits per heavy atom. The van der Waals surface area contributed by atoms with E-state index in [4.69, 9.17) is 0 Å². The highest BCUT2D eigenvalue weighted by atomic mass is 79.9. The molecule has 1 heterocycles. The Labute approximate surface area is 137 Å². The lowest BCUT2D eigenvalue weighted by molar-refractivity contribution is -0.126. The van der Waals surface area contributed by atoms with Gasteiger partial charge in [0.2, 0.25) is 11.8 Å². The topological polar surface area (TPSA) is 76.0 Å². The van der Waals surface area contributed by atoms with Crippen molar-refractivity contribution in [2.75, 3.05) is 11.9 Å². The molecule has 0 bridgehead atoms. The Balaban J connectivity index is 1.86. The van der Waals surface area contributed by atoms with Crippen LogP contribution in [0, 0.1) is 6.92 Å². The average molecular weight is 365 g/mol. The van der Waals surface area contributed by atoms with Crippen LogP contribution in [0.4, 0.5) is 5.69 Å². The highest BCUT2D eigenvalue weighted by Crippen LogP contribution is 2.19. The molecule has 2 aromatic rings. The van der Waals surface area contributed by atoms with E-state index in [1.54, 1.807) is 30.2 Å². The number of imidazole rings is 1. The number of amides is 2. The maximum Gasteiger partial charge on any atom is 0.243 e. The van der Waals surface area contributed by atoms with Gasteiger partial charge in [-0.15, -0.1) is 0 Å². The van der Waals surface area contributed by atoms with Crippen molar-refractivity contribution in [2.45, 2.75) is 19.9 Å². The normalized spacial score (nSPS) is 11.8. The number of hydrogen-bond donors (Lipinski definition) is 2. The molecule has 0 aliphatic rings. The molecule has 0 saturated heterocycles. The monoisotopic (exact) mass is 364 g/mol. The van der Waals surface area contributed by atoms with Crippen molar-refractivity contribution in [1.29, 1.82) is 0 Å². The molecule has 0 unspecified atom stereocenters. The number of carbonyl (C=O) groups excluding carboxylic acids is 2. The maximum atomic E-state index is 12.0. The zero-order chi connectivity index (χ0) is 16.1. The Morgan fingerprint density at radius 2 is 2.18 bits per heavy atom. The van der Waals surface area contributed by atoms with Crippen LogP contribution in [0.5, 0.6) is 0 Å². The standard InChI is InChI=1S/C15H17BrN4O2/c1-10-7-12(16)3-4-13(10)19-14(21)8-18-15(22)11(2)20-6-5-17-9-20/h3-7,9,11H,8H2,1-2H3,(H,18,22)(H,19,21)/t11-/m1/s1. The molecule has 2 rings (SSSR count). The Bertz CT molecular complexity index is 670. The summed E-state index contributed by atoms with van der Waals surface area (Å²) in [5.41, 5.74) is 1.67. The number of nitrogens with one attached hydrogen (secondary N) is 2. The van der Waals surface area contributed by atoms with Gasteiger partial charge in [-0.3, -0.25) is 9.59 Å². The number of aryl methyl sites for hydroxylation is 1. The summed E-state index contributed by atoms with van der Waals surface area (Å²) >= 11 is 3.37. The molecule has 6 nitrogen and oxygen atoms in total. The summed E-state index contributed by atoms with van der Waals surface area (Å²) in [6, 6.07) is 5.16. The fourth-order valence-electron chi connectivity index (χ4n) is 1.91. The van der Waals surface area contributed by atoms with Crippen LogP contribution in [-0.2, 0) is 9.59 Å². The number of carbonyl (C=O) groups is 2. The van der Waals surface area contributed by atoms with Gasteiger partial charge in [0.15, 0.2) is 0 Å². The van der Waals surface area contributed by atoms with Crippen LogP contribution in [0.2, 0.25) is 0 Å². The second-order valence-corrected chi connectivity index (χ2v) is 5.83. The number of rotatable bonds is 5. The second-order valence-electron chi connectivity index (χ2n) is 4.91. The van der Waals surface area contributed by atoms with E-state index in [1.165, 1.54) is 0 Å². The molecule has 22 heavy (non-hydrogen) atoms. The summed E-state index contributed by atoms with van der Waals surface area (Å²) < 4.78 is 2.62. The van der Waals surface area contributed by atoms with E-state index in [9.17, 15) is 9.59 Å². The Hall–Kier alpha value is -2.15. The molecule has 0 aliphatic heterocycles. The Kier molecular flexibility index (Phi) is 5.32. The summed E-state index contributed by atoms with van der Waals surface area (Å²) in [5, 5.41) is 5.39. The van der Waals surface area contributed by atoms with Crippen molar-refractivity contribution < 1.29 is 9.59 Å². The summed E-state index contributed by atoms with van der Waals surface area (Å²) in [6.45, 7) is 3.57. The number of hydrogen-bond acceptors (Lipinski definition) is 3. The van der Waals surface area contributed by atoms with Crippen LogP contribution in [0.3, 0.4) is 0 Å². The SMILES string of the molecule is Cc1cc(Br)ccc1NC(=O)CNC(=O)[C@@H](C)n1ccnc1. The fourth-order valence-corrected chi connectivity index (χ4v) is 2.39. The summed E-state index contributed by atoms with van der Waals surface area (Å²) in [5.74, 6) is -0.503. The lowest BCUT2D eigenvalue weighted by Crippen LogP contribution is -2.36. The first-order valence-corrected chi connectivity index (χ1v) is 7.58. The molecule has 2 amide bonds. The minimum Gasteiger partial charge on any atom is -0.345 e. The van der Waals surface area contributed by atoms with Gasteiger partial charge in [0.25, 0.3) is 0 Å². The summed E-state index contributed by atoms with van der Waals surface area (Å²) in [6.07, 6.45) is 4.87. The van der Waals surface area contributed by atoms with E-state index in [2.05, 4.69) is 31.5 Å². The van der Waals surface area contributed by atoms with Gasteiger partial charge < -0.3 is 15.2 Å². The molecule has 0 aliphatic carbocycles. The van der Waals surface area contributed by atoms with E-state index >= 15 is 0 Å². The van der Waals surface area contributed by atoms with Gasteiger partial charge >= 0.3 is 0 Å². The van der Waals surface area contributed by atoms with Crippen molar-refractivity contribution in [1.82, 2.24) is 14.9 Å². The minimum atomic E-state index is -0.412. The van der Waals surface area contributed by atoms with Gasteiger partial charge in [0.1, 0.15) is 6.04 Å². The third-order valence-electron chi connectivity index (χ3n) is 3.24. The molecule has 116 valence electrons. The van der Waals surface area contributed by atoms with E-state index < -0.39 is 6.04 Å². The first-order valence-electron chi connectivity index (χ1n) is 6.78. The van der Waals surface area contributed by atoms with Crippen LogP contribution < -0.4 is 10.6 Å². The van der Waals surface area contributed by atoms with E-state index in [-0.39, 0.29) is 18.4 Å². The molecule has 0 fully saturated rings. The van der Waals surface area contributed by atoms with Crippen molar-refractivity contribution in [3.63, 3.8) is 0 Å². The summed E-state index contributed by atoms with van der Waals surface area (Å²) in [4.78, 5) is 27.8. The smallest absolute Gasteiger partial charge is 0.243 e. The quantitative estimate of drug-likeness (QED) is 0.854. The molecule has 0 saturated carbocycles. The van der Waals surface area contributed by atoms with Crippen LogP contribution in [0.25, 0.3) is 0 Å². The van der Waals surface area contributed by atoms with Gasteiger partial charge in [-0.05, 0) is 37.6 Å². The highest BCUT2D eigenvalue weighted by Gasteiger charge is 2.15. The van der Waals surface area contributed by atoms with Crippen LogP contribution in [0.1, 0.15) is 18.5 Å². The van der Waals surface area contributed by atoms with E-state index in [0.717, 1.165) is 15.7 Å². The zero-order valence-corrected chi connectivity index (χ0v) is 13.9. The lowest BCUT2D eigenvalue weighted by Gasteiger charge is -2.13. The predicted octanol–water partition coefficient (Wildman–Crippen LogP) is 2.27. The minimum absolute atomic E-state index is 0.0760.